The van der Waals surface area contributed by atoms with Crippen LogP contribution in [-0.2, 0) is 4.74 Å². The highest BCUT2D eigenvalue weighted by molar-refractivity contribution is 5.74. The predicted octanol–water partition coefficient (Wildman–Crippen LogP) is 3.63. The molecule has 0 radical (unpaired) electrons. The summed E-state index contributed by atoms with van der Waals surface area (Å²) in [5.74, 6) is -1.27. The molecule has 0 aliphatic carbocycles. The molecule has 1 aromatic rings. The number of urea groups is 1. The summed E-state index contributed by atoms with van der Waals surface area (Å²) in [5.41, 5.74) is 0.164. The number of nitrogens with one attached hydrogen (secondary N) is 1. The van der Waals surface area contributed by atoms with Gasteiger partial charge in [-0.1, -0.05) is 12.1 Å². The molecule has 3 rings (SSSR count). The summed E-state index contributed by atoms with van der Waals surface area (Å²) in [5, 5.41) is 2.77. The molecule has 2 fully saturated rings. The van der Waals surface area contributed by atoms with Crippen molar-refractivity contribution in [2.24, 2.45) is 5.92 Å². The molecule has 2 atom stereocenters. The van der Waals surface area contributed by atoms with Gasteiger partial charge in [0.2, 0.25) is 0 Å². The van der Waals surface area contributed by atoms with Gasteiger partial charge in [0.05, 0.1) is 12.1 Å². The van der Waals surface area contributed by atoms with Crippen LogP contribution in [-0.4, -0.2) is 36.7 Å². The van der Waals surface area contributed by atoms with Gasteiger partial charge in [-0.05, 0) is 44.6 Å². The molecule has 0 aromatic heterocycles. The van der Waals surface area contributed by atoms with Gasteiger partial charge < -0.3 is 15.0 Å². The van der Waals surface area contributed by atoms with Crippen LogP contribution in [0.1, 0.15) is 44.2 Å². The summed E-state index contributed by atoms with van der Waals surface area (Å²) >= 11 is 0. The number of benzene rings is 1. The van der Waals surface area contributed by atoms with Crippen LogP contribution in [0.3, 0.4) is 0 Å². The number of piperidine rings is 1. The van der Waals surface area contributed by atoms with E-state index in [-0.39, 0.29) is 11.6 Å². The normalized spacial score (nSPS) is 23.3. The first kappa shape index (κ1) is 17.1. The van der Waals surface area contributed by atoms with Gasteiger partial charge >= 0.3 is 6.03 Å². The predicted molar refractivity (Wildman–Crippen MR) is 86.6 cm³/mol. The molecule has 24 heavy (non-hydrogen) atoms. The lowest BCUT2D eigenvalue weighted by atomic mass is 9.90. The van der Waals surface area contributed by atoms with E-state index in [9.17, 15) is 13.6 Å². The molecular formula is C18H24F2N2O2. The third kappa shape index (κ3) is 3.69. The van der Waals surface area contributed by atoms with E-state index in [1.807, 2.05) is 0 Å². The van der Waals surface area contributed by atoms with Crippen molar-refractivity contribution in [2.45, 2.75) is 44.8 Å². The van der Waals surface area contributed by atoms with E-state index in [1.54, 1.807) is 11.8 Å². The molecule has 2 saturated heterocycles. The number of nitrogens with zero attached hydrogens (tertiary/aromatic N) is 1. The molecule has 0 bridgehead atoms. The first-order valence-electron chi connectivity index (χ1n) is 8.67. The van der Waals surface area contributed by atoms with E-state index in [0.717, 1.165) is 38.4 Å². The van der Waals surface area contributed by atoms with Crippen LogP contribution >= 0.6 is 0 Å². The molecule has 0 spiro atoms. The van der Waals surface area contributed by atoms with Crippen molar-refractivity contribution in [3.05, 3.63) is 35.4 Å². The van der Waals surface area contributed by atoms with Crippen LogP contribution in [0.25, 0.3) is 0 Å². The molecule has 2 heterocycles. The molecule has 2 amide bonds. The average molecular weight is 338 g/mol. The van der Waals surface area contributed by atoms with Gasteiger partial charge in [0.15, 0.2) is 11.6 Å². The average Bonchev–Trinajstić information content (AvgIpc) is 3.12. The minimum absolute atomic E-state index is 0.164. The third-order valence-electron chi connectivity index (χ3n) is 5.11. The number of rotatable bonds is 3. The van der Waals surface area contributed by atoms with E-state index in [2.05, 4.69) is 5.32 Å². The SMILES string of the molecule is CC(NC(=O)N1CCC(C2CCCO2)CC1)c1cccc(F)c1F. The highest BCUT2D eigenvalue weighted by Crippen LogP contribution is 2.29. The second-order valence-electron chi connectivity index (χ2n) is 6.69. The van der Waals surface area contributed by atoms with Gasteiger partial charge in [-0.2, -0.15) is 0 Å². The zero-order valence-electron chi connectivity index (χ0n) is 13.9. The fourth-order valence-corrected chi connectivity index (χ4v) is 3.66. The quantitative estimate of drug-likeness (QED) is 0.914. The standard InChI is InChI=1S/C18H24F2N2O2/c1-12(14-4-2-5-15(19)17(14)20)21-18(23)22-9-7-13(8-10-22)16-6-3-11-24-16/h2,4-5,12-13,16H,3,6-11H2,1H3,(H,21,23). The lowest BCUT2D eigenvalue weighted by molar-refractivity contribution is 0.0371. The maximum absolute atomic E-state index is 13.8. The Hall–Kier alpha value is -1.69. The Kier molecular flexibility index (Phi) is 5.33. The van der Waals surface area contributed by atoms with Gasteiger partial charge in [-0.3, -0.25) is 0 Å². The number of likely N-dealkylation sites (tertiary alicyclic amines) is 1. The molecule has 1 aromatic carbocycles. The van der Waals surface area contributed by atoms with E-state index in [4.69, 9.17) is 4.74 Å². The van der Waals surface area contributed by atoms with Crippen LogP contribution in [0, 0.1) is 17.6 Å². The minimum atomic E-state index is -0.901. The highest BCUT2D eigenvalue weighted by Gasteiger charge is 2.31. The van der Waals surface area contributed by atoms with E-state index < -0.39 is 17.7 Å². The Morgan fingerprint density at radius 3 is 2.71 bits per heavy atom. The van der Waals surface area contributed by atoms with Crippen LogP contribution in [0.2, 0.25) is 0 Å². The highest BCUT2D eigenvalue weighted by atomic mass is 19.2. The Morgan fingerprint density at radius 2 is 2.04 bits per heavy atom. The van der Waals surface area contributed by atoms with E-state index in [1.165, 1.54) is 12.1 Å². The van der Waals surface area contributed by atoms with E-state index in [0.29, 0.717) is 25.1 Å². The van der Waals surface area contributed by atoms with Crippen molar-refractivity contribution in [1.82, 2.24) is 10.2 Å². The van der Waals surface area contributed by atoms with Crippen LogP contribution < -0.4 is 5.32 Å². The van der Waals surface area contributed by atoms with Crippen molar-refractivity contribution < 1.29 is 18.3 Å². The summed E-state index contributed by atoms with van der Waals surface area (Å²) < 4.78 is 32.9. The fraction of sp³-hybridized carbons (Fsp3) is 0.611. The van der Waals surface area contributed by atoms with Crippen LogP contribution in [0.15, 0.2) is 18.2 Å². The summed E-state index contributed by atoms with van der Waals surface area (Å²) in [7, 11) is 0. The molecule has 2 aliphatic heterocycles. The maximum Gasteiger partial charge on any atom is 0.317 e. The summed E-state index contributed by atoms with van der Waals surface area (Å²) in [4.78, 5) is 14.1. The number of halogens is 2. The second kappa shape index (κ2) is 7.47. The first-order chi connectivity index (χ1) is 11.6. The summed E-state index contributed by atoms with van der Waals surface area (Å²) in [6, 6.07) is 3.21. The van der Waals surface area contributed by atoms with Gasteiger partial charge in [-0.25, -0.2) is 13.6 Å². The summed E-state index contributed by atoms with van der Waals surface area (Å²) in [6.07, 6.45) is 4.45. The van der Waals surface area contributed by atoms with Gasteiger partial charge in [0, 0.05) is 25.3 Å². The van der Waals surface area contributed by atoms with Crippen LogP contribution in [0.4, 0.5) is 13.6 Å². The number of hydrogen-bond donors (Lipinski definition) is 1. The Bertz CT molecular complexity index is 582. The monoisotopic (exact) mass is 338 g/mol. The van der Waals surface area contributed by atoms with Gasteiger partial charge in [0.1, 0.15) is 0 Å². The van der Waals surface area contributed by atoms with Crippen molar-refractivity contribution in [2.75, 3.05) is 19.7 Å². The first-order valence-corrected chi connectivity index (χ1v) is 8.67. The molecule has 0 saturated carbocycles. The topological polar surface area (TPSA) is 41.6 Å². The van der Waals surface area contributed by atoms with Crippen molar-refractivity contribution in [1.29, 1.82) is 0 Å². The molecule has 2 aliphatic rings. The van der Waals surface area contributed by atoms with Gasteiger partial charge in [0.25, 0.3) is 0 Å². The fourth-order valence-electron chi connectivity index (χ4n) is 3.66. The minimum Gasteiger partial charge on any atom is -0.378 e. The molecule has 4 nitrogen and oxygen atoms in total. The number of ether oxygens (including phenoxy) is 1. The van der Waals surface area contributed by atoms with Crippen LogP contribution in [0.5, 0.6) is 0 Å². The third-order valence-corrected chi connectivity index (χ3v) is 5.11. The summed E-state index contributed by atoms with van der Waals surface area (Å²) in [6.45, 7) is 3.86. The Morgan fingerprint density at radius 1 is 1.29 bits per heavy atom. The van der Waals surface area contributed by atoms with Gasteiger partial charge in [-0.15, -0.1) is 0 Å². The molecule has 2 unspecified atom stereocenters. The lowest BCUT2D eigenvalue weighted by Crippen LogP contribution is -2.46. The Balaban J connectivity index is 1.53. The maximum atomic E-state index is 13.8. The Labute approximate surface area is 141 Å². The molecule has 1 N–H and O–H groups in total. The zero-order chi connectivity index (χ0) is 17.1. The molecule has 6 heteroatoms. The van der Waals surface area contributed by atoms with Crippen molar-refractivity contribution in [3.63, 3.8) is 0 Å². The number of carbonyl (C=O) groups excluding carboxylic acids is 1. The molecular weight excluding hydrogens is 314 g/mol. The van der Waals surface area contributed by atoms with Crippen molar-refractivity contribution >= 4 is 6.03 Å². The lowest BCUT2D eigenvalue weighted by Gasteiger charge is -2.35. The zero-order valence-corrected chi connectivity index (χ0v) is 13.9. The number of amides is 2. The number of carbonyl (C=O) groups is 1. The number of hydrogen-bond acceptors (Lipinski definition) is 2. The molecule has 132 valence electrons. The van der Waals surface area contributed by atoms with E-state index >= 15 is 0 Å². The second-order valence-corrected chi connectivity index (χ2v) is 6.69. The van der Waals surface area contributed by atoms with Crippen molar-refractivity contribution in [3.8, 4) is 0 Å². The largest absolute Gasteiger partial charge is 0.378 e. The smallest absolute Gasteiger partial charge is 0.317 e.